The number of nitrogens with zero attached hydrogens (tertiary/aromatic N) is 1. The highest BCUT2D eigenvalue weighted by atomic mass is 16.5. The van der Waals surface area contributed by atoms with Gasteiger partial charge in [-0.05, 0) is 44.2 Å². The van der Waals surface area contributed by atoms with Crippen LogP contribution >= 0.6 is 0 Å². The summed E-state index contributed by atoms with van der Waals surface area (Å²) in [6, 6.07) is 8.88. The van der Waals surface area contributed by atoms with Gasteiger partial charge in [-0.3, -0.25) is 4.79 Å². The van der Waals surface area contributed by atoms with Gasteiger partial charge in [0.25, 0.3) is 0 Å². The van der Waals surface area contributed by atoms with E-state index in [1.165, 1.54) is 64.2 Å². The van der Waals surface area contributed by atoms with E-state index in [2.05, 4.69) is 11.8 Å². The van der Waals surface area contributed by atoms with Crippen LogP contribution in [-0.2, 0) is 4.79 Å². The molecule has 2 aliphatic rings. The highest BCUT2D eigenvalue weighted by Crippen LogP contribution is 2.30. The molecule has 2 aliphatic carbocycles. The van der Waals surface area contributed by atoms with Crippen LogP contribution in [0, 0.1) is 0 Å². The van der Waals surface area contributed by atoms with Gasteiger partial charge < -0.3 is 9.64 Å². The van der Waals surface area contributed by atoms with Gasteiger partial charge in [0.15, 0.2) is 0 Å². The van der Waals surface area contributed by atoms with Gasteiger partial charge in [0.2, 0.25) is 5.91 Å². The number of rotatable bonds is 7. The van der Waals surface area contributed by atoms with E-state index in [-0.39, 0.29) is 5.91 Å². The normalized spacial score (nSPS) is 19.3. The zero-order valence-electron chi connectivity index (χ0n) is 16.9. The summed E-state index contributed by atoms with van der Waals surface area (Å²) in [6.45, 7) is 2.81. The van der Waals surface area contributed by atoms with Gasteiger partial charge in [-0.2, -0.15) is 0 Å². The average Bonchev–Trinajstić information content (AvgIpc) is 2.73. The molecule has 0 atom stereocenters. The van der Waals surface area contributed by atoms with Crippen molar-refractivity contribution in [2.45, 2.75) is 89.6 Å². The third-order valence-corrected chi connectivity index (χ3v) is 5.98. The van der Waals surface area contributed by atoms with Gasteiger partial charge in [-0.25, -0.2) is 0 Å². The molecule has 2 fully saturated rings. The first kappa shape index (κ1) is 20.0. The Labute approximate surface area is 164 Å². The van der Waals surface area contributed by atoms with Gasteiger partial charge in [-0.1, -0.05) is 63.6 Å². The zero-order chi connectivity index (χ0) is 18.9. The van der Waals surface area contributed by atoms with E-state index in [0.717, 1.165) is 17.7 Å². The van der Waals surface area contributed by atoms with Gasteiger partial charge in [0, 0.05) is 23.7 Å². The molecule has 2 saturated carbocycles. The molecule has 0 N–H and O–H groups in total. The molecule has 27 heavy (non-hydrogen) atoms. The Morgan fingerprint density at radius 3 is 2.19 bits per heavy atom. The largest absolute Gasteiger partial charge is 0.493 e. The number of carbonyl (C=O) groups is 1. The van der Waals surface area contributed by atoms with Crippen molar-refractivity contribution < 1.29 is 9.53 Å². The van der Waals surface area contributed by atoms with Crippen molar-refractivity contribution in [3.05, 3.63) is 35.9 Å². The summed E-state index contributed by atoms with van der Waals surface area (Å²) in [7, 11) is 0. The highest BCUT2D eigenvalue weighted by molar-refractivity contribution is 5.92. The third-order valence-electron chi connectivity index (χ3n) is 5.98. The van der Waals surface area contributed by atoms with E-state index < -0.39 is 0 Å². The summed E-state index contributed by atoms with van der Waals surface area (Å²) in [5, 5.41) is 0. The maximum atomic E-state index is 13.2. The summed E-state index contributed by atoms with van der Waals surface area (Å²) < 4.78 is 5.84. The minimum atomic E-state index is 0.194. The fourth-order valence-corrected chi connectivity index (χ4v) is 4.59. The van der Waals surface area contributed by atoms with Crippen molar-refractivity contribution in [3.63, 3.8) is 0 Å². The Balaban J connectivity index is 1.74. The van der Waals surface area contributed by atoms with Gasteiger partial charge in [-0.15, -0.1) is 0 Å². The smallest absolute Gasteiger partial charge is 0.247 e. The SMILES string of the molecule is CCCOc1ccccc1/C=C/C(=O)N(C1CCCCC1)C1CCCCC1. The van der Waals surface area contributed by atoms with Crippen LogP contribution in [0.25, 0.3) is 6.08 Å². The standard InChI is InChI=1S/C24H35NO2/c1-2-19-27-23-16-10-9-11-20(23)17-18-24(26)25(21-12-5-3-6-13-21)22-14-7-4-8-15-22/h9-11,16-18,21-22H,2-8,12-15,19H2,1H3/b18-17+. The van der Waals surface area contributed by atoms with Crippen LogP contribution in [0.4, 0.5) is 0 Å². The average molecular weight is 370 g/mol. The molecule has 3 nitrogen and oxygen atoms in total. The molecule has 0 heterocycles. The van der Waals surface area contributed by atoms with Crippen LogP contribution in [0.5, 0.6) is 5.75 Å². The first-order valence-electron chi connectivity index (χ1n) is 11.0. The van der Waals surface area contributed by atoms with Gasteiger partial charge in [0.1, 0.15) is 5.75 Å². The number of benzene rings is 1. The van der Waals surface area contributed by atoms with E-state index in [0.29, 0.717) is 18.7 Å². The summed E-state index contributed by atoms with van der Waals surface area (Å²) in [6.07, 6.45) is 17.1. The molecule has 1 aromatic rings. The van der Waals surface area contributed by atoms with Crippen molar-refractivity contribution in [1.29, 1.82) is 0 Å². The molecule has 1 aromatic carbocycles. The highest BCUT2D eigenvalue weighted by Gasteiger charge is 2.31. The Bertz CT molecular complexity index is 595. The number of amides is 1. The molecule has 0 aliphatic heterocycles. The minimum absolute atomic E-state index is 0.194. The van der Waals surface area contributed by atoms with E-state index in [9.17, 15) is 4.79 Å². The van der Waals surface area contributed by atoms with E-state index >= 15 is 0 Å². The lowest BCUT2D eigenvalue weighted by Crippen LogP contribution is -2.48. The zero-order valence-corrected chi connectivity index (χ0v) is 16.9. The van der Waals surface area contributed by atoms with Gasteiger partial charge in [0.05, 0.1) is 6.61 Å². The van der Waals surface area contributed by atoms with Crippen LogP contribution < -0.4 is 4.74 Å². The molecule has 1 amide bonds. The molecule has 0 saturated heterocycles. The van der Waals surface area contributed by atoms with Crippen molar-refractivity contribution in [1.82, 2.24) is 4.90 Å². The predicted molar refractivity (Wildman–Crippen MR) is 112 cm³/mol. The van der Waals surface area contributed by atoms with E-state index in [1.54, 1.807) is 6.08 Å². The van der Waals surface area contributed by atoms with Crippen molar-refractivity contribution in [3.8, 4) is 5.75 Å². The molecule has 0 bridgehead atoms. The van der Waals surface area contributed by atoms with Crippen molar-refractivity contribution >= 4 is 12.0 Å². The molecule has 3 heteroatoms. The molecule has 0 radical (unpaired) electrons. The lowest BCUT2D eigenvalue weighted by molar-refractivity contribution is -0.132. The van der Waals surface area contributed by atoms with Crippen LogP contribution in [0.15, 0.2) is 30.3 Å². The quantitative estimate of drug-likeness (QED) is 0.553. The Morgan fingerprint density at radius 2 is 1.59 bits per heavy atom. The van der Waals surface area contributed by atoms with Crippen LogP contribution in [0.2, 0.25) is 0 Å². The number of para-hydroxylation sites is 1. The fourth-order valence-electron chi connectivity index (χ4n) is 4.59. The van der Waals surface area contributed by atoms with Crippen LogP contribution in [0.3, 0.4) is 0 Å². The number of carbonyl (C=O) groups excluding carboxylic acids is 1. The Morgan fingerprint density at radius 1 is 1.00 bits per heavy atom. The predicted octanol–water partition coefficient (Wildman–Crippen LogP) is 5.98. The van der Waals surface area contributed by atoms with E-state index in [1.807, 2.05) is 30.3 Å². The van der Waals surface area contributed by atoms with Crippen molar-refractivity contribution in [2.24, 2.45) is 0 Å². The fraction of sp³-hybridized carbons (Fsp3) is 0.625. The minimum Gasteiger partial charge on any atom is -0.493 e. The summed E-state index contributed by atoms with van der Waals surface area (Å²) in [5.74, 6) is 1.06. The number of ether oxygens (including phenoxy) is 1. The van der Waals surface area contributed by atoms with E-state index in [4.69, 9.17) is 4.74 Å². The van der Waals surface area contributed by atoms with Crippen LogP contribution in [0.1, 0.15) is 83.1 Å². The summed E-state index contributed by atoms with van der Waals surface area (Å²) in [4.78, 5) is 15.5. The number of hydrogen-bond acceptors (Lipinski definition) is 2. The first-order valence-corrected chi connectivity index (χ1v) is 11.0. The lowest BCUT2D eigenvalue weighted by atomic mass is 9.88. The monoisotopic (exact) mass is 369 g/mol. The van der Waals surface area contributed by atoms with Gasteiger partial charge >= 0.3 is 0 Å². The molecule has 0 spiro atoms. The second kappa shape index (κ2) is 10.5. The molecule has 3 rings (SSSR count). The summed E-state index contributed by atoms with van der Waals surface area (Å²) in [5.41, 5.74) is 0.992. The lowest BCUT2D eigenvalue weighted by Gasteiger charge is -2.41. The second-order valence-electron chi connectivity index (χ2n) is 8.05. The third kappa shape index (κ3) is 5.60. The van der Waals surface area contributed by atoms with Crippen molar-refractivity contribution in [2.75, 3.05) is 6.61 Å². The summed E-state index contributed by atoms with van der Waals surface area (Å²) >= 11 is 0. The second-order valence-corrected chi connectivity index (χ2v) is 8.05. The maximum Gasteiger partial charge on any atom is 0.247 e. The molecule has 148 valence electrons. The topological polar surface area (TPSA) is 29.5 Å². The Kier molecular flexibility index (Phi) is 7.79. The number of hydrogen-bond donors (Lipinski definition) is 0. The molecule has 0 aromatic heterocycles. The molecule has 0 unspecified atom stereocenters. The molecular formula is C24H35NO2. The first-order chi connectivity index (χ1) is 13.3. The Hall–Kier alpha value is -1.77. The molecular weight excluding hydrogens is 334 g/mol. The van der Waals surface area contributed by atoms with Crippen LogP contribution in [-0.4, -0.2) is 29.5 Å². The maximum absolute atomic E-state index is 13.2.